The van der Waals surface area contributed by atoms with E-state index in [2.05, 4.69) is 9.97 Å². The Balaban J connectivity index is 2.61. The lowest BCUT2D eigenvalue weighted by Gasteiger charge is -1.87. The Kier molecular flexibility index (Phi) is 2.00. The summed E-state index contributed by atoms with van der Waals surface area (Å²) in [6, 6.07) is 0. The molecule has 0 aliphatic carbocycles. The standard InChI is InChI=1S/C5H9N3S/c1-9-3-5-7-2-4(6)8-5/h2H,3,6H2,1H3,(H,7,8). The van der Waals surface area contributed by atoms with E-state index in [0.717, 1.165) is 11.6 Å². The van der Waals surface area contributed by atoms with Crippen molar-refractivity contribution in [2.75, 3.05) is 12.0 Å². The molecule has 1 heterocycles. The summed E-state index contributed by atoms with van der Waals surface area (Å²) in [5, 5.41) is 0. The third-order valence-corrected chi connectivity index (χ3v) is 1.49. The van der Waals surface area contributed by atoms with Crippen molar-refractivity contribution in [3.63, 3.8) is 0 Å². The van der Waals surface area contributed by atoms with Gasteiger partial charge in [-0.2, -0.15) is 11.8 Å². The largest absolute Gasteiger partial charge is 0.384 e. The number of nitrogens with one attached hydrogen (secondary N) is 1. The first kappa shape index (κ1) is 6.48. The molecule has 0 aromatic carbocycles. The van der Waals surface area contributed by atoms with E-state index in [0.29, 0.717) is 5.82 Å². The summed E-state index contributed by atoms with van der Waals surface area (Å²) in [6.45, 7) is 0. The minimum Gasteiger partial charge on any atom is -0.384 e. The molecule has 0 unspecified atom stereocenters. The number of nitrogens with two attached hydrogens (primary N) is 1. The van der Waals surface area contributed by atoms with Crippen molar-refractivity contribution < 1.29 is 0 Å². The van der Waals surface area contributed by atoms with Gasteiger partial charge in [0, 0.05) is 0 Å². The Morgan fingerprint density at radius 3 is 3.11 bits per heavy atom. The number of thioether (sulfide) groups is 1. The van der Waals surface area contributed by atoms with Crippen LogP contribution in [0, 0.1) is 0 Å². The molecule has 3 N–H and O–H groups in total. The zero-order chi connectivity index (χ0) is 6.69. The summed E-state index contributed by atoms with van der Waals surface area (Å²) in [5.41, 5.74) is 5.38. The van der Waals surface area contributed by atoms with Crippen LogP contribution in [0.25, 0.3) is 0 Å². The first-order chi connectivity index (χ1) is 4.33. The van der Waals surface area contributed by atoms with E-state index in [1.165, 1.54) is 0 Å². The second-order valence-electron chi connectivity index (χ2n) is 1.72. The Bertz CT molecular complexity index is 184. The minimum absolute atomic E-state index is 0.638. The molecule has 0 atom stereocenters. The van der Waals surface area contributed by atoms with Gasteiger partial charge in [-0.05, 0) is 6.26 Å². The molecule has 0 saturated heterocycles. The van der Waals surface area contributed by atoms with Gasteiger partial charge >= 0.3 is 0 Å². The number of aromatic amines is 1. The molecular formula is C5H9N3S. The molecule has 0 aliphatic rings. The van der Waals surface area contributed by atoms with Crippen LogP contribution in [0.2, 0.25) is 0 Å². The van der Waals surface area contributed by atoms with Crippen molar-refractivity contribution in [3.8, 4) is 0 Å². The van der Waals surface area contributed by atoms with Gasteiger partial charge in [0.05, 0.1) is 11.9 Å². The van der Waals surface area contributed by atoms with Gasteiger partial charge in [0.1, 0.15) is 11.6 Å². The zero-order valence-corrected chi connectivity index (χ0v) is 6.03. The summed E-state index contributed by atoms with van der Waals surface area (Å²) in [7, 11) is 0. The van der Waals surface area contributed by atoms with E-state index in [1.54, 1.807) is 18.0 Å². The van der Waals surface area contributed by atoms with E-state index in [4.69, 9.17) is 5.73 Å². The summed E-state index contributed by atoms with van der Waals surface area (Å²) < 4.78 is 0. The molecule has 0 amide bonds. The van der Waals surface area contributed by atoms with Crippen molar-refractivity contribution >= 4 is 17.6 Å². The molecule has 4 heteroatoms. The fraction of sp³-hybridized carbons (Fsp3) is 0.400. The third kappa shape index (κ3) is 1.64. The maximum absolute atomic E-state index is 5.38. The van der Waals surface area contributed by atoms with Gasteiger partial charge in [-0.3, -0.25) is 0 Å². The van der Waals surface area contributed by atoms with E-state index in [1.807, 2.05) is 6.26 Å². The summed E-state index contributed by atoms with van der Waals surface area (Å²) >= 11 is 1.72. The SMILES string of the molecule is CSCc1ncc(N)[nH]1. The Morgan fingerprint density at radius 1 is 1.89 bits per heavy atom. The van der Waals surface area contributed by atoms with Crippen LogP contribution >= 0.6 is 11.8 Å². The Morgan fingerprint density at radius 2 is 2.67 bits per heavy atom. The van der Waals surface area contributed by atoms with Gasteiger partial charge in [0.15, 0.2) is 0 Å². The van der Waals surface area contributed by atoms with Crippen molar-refractivity contribution in [3.05, 3.63) is 12.0 Å². The normalized spacial score (nSPS) is 9.89. The monoisotopic (exact) mass is 143 g/mol. The lowest BCUT2D eigenvalue weighted by molar-refractivity contribution is 1.13. The number of H-pyrrole nitrogens is 1. The molecule has 50 valence electrons. The second kappa shape index (κ2) is 2.77. The zero-order valence-electron chi connectivity index (χ0n) is 5.22. The first-order valence-corrected chi connectivity index (χ1v) is 4.00. The average molecular weight is 143 g/mol. The molecule has 3 nitrogen and oxygen atoms in total. The highest BCUT2D eigenvalue weighted by molar-refractivity contribution is 7.97. The maximum Gasteiger partial charge on any atom is 0.120 e. The summed E-state index contributed by atoms with van der Waals surface area (Å²) in [5.74, 6) is 2.48. The number of anilines is 1. The van der Waals surface area contributed by atoms with Crippen molar-refractivity contribution in [1.82, 2.24) is 9.97 Å². The summed E-state index contributed by atoms with van der Waals surface area (Å²) in [6.07, 6.45) is 3.66. The topological polar surface area (TPSA) is 54.7 Å². The van der Waals surface area contributed by atoms with E-state index < -0.39 is 0 Å². The predicted molar refractivity (Wildman–Crippen MR) is 40.2 cm³/mol. The van der Waals surface area contributed by atoms with Crippen LogP contribution in [-0.2, 0) is 5.75 Å². The van der Waals surface area contributed by atoms with E-state index in [-0.39, 0.29) is 0 Å². The number of nitrogen functional groups attached to an aromatic ring is 1. The van der Waals surface area contributed by atoms with Gasteiger partial charge in [-0.25, -0.2) is 4.98 Å². The molecule has 0 radical (unpaired) electrons. The fourth-order valence-electron chi connectivity index (χ4n) is 0.589. The van der Waals surface area contributed by atoms with Gasteiger partial charge in [0.25, 0.3) is 0 Å². The quantitative estimate of drug-likeness (QED) is 0.645. The predicted octanol–water partition coefficient (Wildman–Crippen LogP) is 0.855. The van der Waals surface area contributed by atoms with E-state index >= 15 is 0 Å². The lowest BCUT2D eigenvalue weighted by Crippen LogP contribution is -1.85. The average Bonchev–Trinajstić information content (AvgIpc) is 2.17. The van der Waals surface area contributed by atoms with Crippen molar-refractivity contribution in [2.45, 2.75) is 5.75 Å². The van der Waals surface area contributed by atoms with Crippen LogP contribution in [0.15, 0.2) is 6.20 Å². The molecule has 0 bridgehead atoms. The molecular weight excluding hydrogens is 134 g/mol. The summed E-state index contributed by atoms with van der Waals surface area (Å²) in [4.78, 5) is 6.93. The van der Waals surface area contributed by atoms with Gasteiger partial charge in [-0.15, -0.1) is 0 Å². The smallest absolute Gasteiger partial charge is 0.120 e. The Labute approximate surface area is 58.1 Å². The number of nitrogens with zero attached hydrogens (tertiary/aromatic N) is 1. The third-order valence-electron chi connectivity index (χ3n) is 0.929. The van der Waals surface area contributed by atoms with Crippen molar-refractivity contribution in [2.24, 2.45) is 0 Å². The lowest BCUT2D eigenvalue weighted by atomic mass is 10.7. The van der Waals surface area contributed by atoms with Crippen LogP contribution in [0.5, 0.6) is 0 Å². The molecule has 1 rings (SSSR count). The van der Waals surface area contributed by atoms with Crippen LogP contribution in [0.1, 0.15) is 5.82 Å². The molecule has 0 spiro atoms. The fourth-order valence-corrected chi connectivity index (χ4v) is 1.01. The molecule has 0 fully saturated rings. The molecule has 1 aromatic heterocycles. The number of hydrogen-bond donors (Lipinski definition) is 2. The van der Waals surface area contributed by atoms with Gasteiger partial charge in [-0.1, -0.05) is 0 Å². The minimum atomic E-state index is 0.638. The van der Waals surface area contributed by atoms with Crippen LogP contribution < -0.4 is 5.73 Å². The van der Waals surface area contributed by atoms with Crippen LogP contribution in [0.4, 0.5) is 5.82 Å². The number of aromatic nitrogens is 2. The highest BCUT2D eigenvalue weighted by atomic mass is 32.2. The Hall–Kier alpha value is -0.640. The maximum atomic E-state index is 5.38. The highest BCUT2D eigenvalue weighted by Crippen LogP contribution is 2.05. The van der Waals surface area contributed by atoms with Crippen LogP contribution in [0.3, 0.4) is 0 Å². The molecule has 9 heavy (non-hydrogen) atoms. The van der Waals surface area contributed by atoms with Gasteiger partial charge in [0.2, 0.25) is 0 Å². The van der Waals surface area contributed by atoms with E-state index in [9.17, 15) is 0 Å². The highest BCUT2D eigenvalue weighted by Gasteiger charge is 1.93. The number of imidazole rings is 1. The molecule has 0 aliphatic heterocycles. The first-order valence-electron chi connectivity index (χ1n) is 2.61. The van der Waals surface area contributed by atoms with Crippen molar-refractivity contribution in [1.29, 1.82) is 0 Å². The number of rotatable bonds is 2. The second-order valence-corrected chi connectivity index (χ2v) is 2.58. The molecule has 0 saturated carbocycles. The molecule has 1 aromatic rings. The number of hydrogen-bond acceptors (Lipinski definition) is 3. The van der Waals surface area contributed by atoms with Gasteiger partial charge < -0.3 is 10.7 Å². The van der Waals surface area contributed by atoms with Crippen LogP contribution in [-0.4, -0.2) is 16.2 Å².